The van der Waals surface area contributed by atoms with Gasteiger partial charge in [-0.15, -0.1) is 0 Å². The zero-order valence-electron chi connectivity index (χ0n) is 7.93. The SMILES string of the molecule is CC(=O)Nc1cc(C)n(C)c1C. The van der Waals surface area contributed by atoms with Crippen LogP contribution in [0.2, 0.25) is 0 Å². The van der Waals surface area contributed by atoms with Gasteiger partial charge in [0, 0.05) is 25.4 Å². The van der Waals surface area contributed by atoms with Crippen LogP contribution < -0.4 is 5.32 Å². The lowest BCUT2D eigenvalue weighted by atomic mass is 10.3. The van der Waals surface area contributed by atoms with Crippen molar-refractivity contribution in [1.82, 2.24) is 4.57 Å². The Morgan fingerprint density at radius 2 is 2.08 bits per heavy atom. The zero-order valence-corrected chi connectivity index (χ0v) is 7.93. The largest absolute Gasteiger partial charge is 0.350 e. The summed E-state index contributed by atoms with van der Waals surface area (Å²) >= 11 is 0. The molecule has 0 aliphatic carbocycles. The van der Waals surface area contributed by atoms with Crippen LogP contribution in [0.25, 0.3) is 0 Å². The number of carbonyl (C=O) groups excluding carboxylic acids is 1. The lowest BCUT2D eigenvalue weighted by Gasteiger charge is -2.01. The number of hydrogen-bond acceptors (Lipinski definition) is 1. The lowest BCUT2D eigenvalue weighted by molar-refractivity contribution is -0.114. The zero-order chi connectivity index (χ0) is 9.30. The fourth-order valence-electron chi connectivity index (χ4n) is 1.17. The van der Waals surface area contributed by atoms with Crippen molar-refractivity contribution in [1.29, 1.82) is 0 Å². The van der Waals surface area contributed by atoms with E-state index in [9.17, 15) is 4.79 Å². The first-order valence-corrected chi connectivity index (χ1v) is 3.93. The number of hydrogen-bond donors (Lipinski definition) is 1. The molecule has 1 aromatic rings. The van der Waals surface area contributed by atoms with E-state index >= 15 is 0 Å². The van der Waals surface area contributed by atoms with Crippen LogP contribution in [-0.2, 0) is 11.8 Å². The van der Waals surface area contributed by atoms with Crippen LogP contribution in [0.4, 0.5) is 5.69 Å². The summed E-state index contributed by atoms with van der Waals surface area (Å²) in [6.45, 7) is 5.51. The molecule has 0 unspecified atom stereocenters. The minimum Gasteiger partial charge on any atom is -0.350 e. The smallest absolute Gasteiger partial charge is 0.221 e. The van der Waals surface area contributed by atoms with Gasteiger partial charge in [0.1, 0.15) is 0 Å². The fraction of sp³-hybridized carbons (Fsp3) is 0.444. The fourth-order valence-corrected chi connectivity index (χ4v) is 1.17. The summed E-state index contributed by atoms with van der Waals surface area (Å²) in [5.41, 5.74) is 3.14. The highest BCUT2D eigenvalue weighted by Gasteiger charge is 2.05. The Bertz CT molecular complexity index is 313. The van der Waals surface area contributed by atoms with Crippen molar-refractivity contribution in [2.75, 3.05) is 5.32 Å². The minimum atomic E-state index is -0.0244. The van der Waals surface area contributed by atoms with Crippen molar-refractivity contribution in [3.63, 3.8) is 0 Å². The molecule has 0 spiro atoms. The number of aryl methyl sites for hydroxylation is 1. The first kappa shape index (κ1) is 8.84. The average molecular weight is 166 g/mol. The molecule has 1 rings (SSSR count). The van der Waals surface area contributed by atoms with Gasteiger partial charge in [-0.2, -0.15) is 0 Å². The van der Waals surface area contributed by atoms with E-state index in [0.717, 1.165) is 17.1 Å². The van der Waals surface area contributed by atoms with Crippen LogP contribution in [0, 0.1) is 13.8 Å². The van der Waals surface area contributed by atoms with Gasteiger partial charge in [0.05, 0.1) is 5.69 Å². The number of rotatable bonds is 1. The van der Waals surface area contributed by atoms with E-state index in [0.29, 0.717) is 0 Å². The molecule has 12 heavy (non-hydrogen) atoms. The topological polar surface area (TPSA) is 34.0 Å². The van der Waals surface area contributed by atoms with Gasteiger partial charge in [-0.05, 0) is 19.9 Å². The maximum Gasteiger partial charge on any atom is 0.221 e. The Balaban J connectivity index is 3.01. The molecule has 0 radical (unpaired) electrons. The van der Waals surface area contributed by atoms with Gasteiger partial charge in [-0.1, -0.05) is 0 Å². The highest BCUT2D eigenvalue weighted by atomic mass is 16.1. The Morgan fingerprint density at radius 1 is 1.50 bits per heavy atom. The maximum absolute atomic E-state index is 10.8. The molecule has 1 amide bonds. The lowest BCUT2D eigenvalue weighted by Crippen LogP contribution is -2.06. The predicted molar refractivity (Wildman–Crippen MR) is 49.2 cm³/mol. The number of carbonyl (C=O) groups is 1. The highest BCUT2D eigenvalue weighted by molar-refractivity contribution is 5.89. The van der Waals surface area contributed by atoms with Crippen LogP contribution >= 0.6 is 0 Å². The van der Waals surface area contributed by atoms with Gasteiger partial charge in [0.2, 0.25) is 5.91 Å². The van der Waals surface area contributed by atoms with E-state index in [2.05, 4.69) is 5.32 Å². The van der Waals surface area contributed by atoms with Crippen LogP contribution in [0.1, 0.15) is 18.3 Å². The second-order valence-corrected chi connectivity index (χ2v) is 3.03. The molecule has 3 heteroatoms. The third-order valence-electron chi connectivity index (χ3n) is 2.09. The summed E-state index contributed by atoms with van der Waals surface area (Å²) in [6.07, 6.45) is 0. The third kappa shape index (κ3) is 1.49. The van der Waals surface area contributed by atoms with Crippen LogP contribution in [0.5, 0.6) is 0 Å². The van der Waals surface area contributed by atoms with E-state index in [1.807, 2.05) is 31.5 Å². The molecule has 3 nitrogen and oxygen atoms in total. The van der Waals surface area contributed by atoms with Crippen molar-refractivity contribution >= 4 is 11.6 Å². The van der Waals surface area contributed by atoms with Crippen LogP contribution in [-0.4, -0.2) is 10.5 Å². The molecule has 1 N–H and O–H groups in total. The summed E-state index contributed by atoms with van der Waals surface area (Å²) in [5.74, 6) is -0.0244. The second kappa shape index (κ2) is 3.01. The quantitative estimate of drug-likeness (QED) is 0.675. The summed E-state index contributed by atoms with van der Waals surface area (Å²) in [6, 6.07) is 1.97. The van der Waals surface area contributed by atoms with Gasteiger partial charge in [0.15, 0.2) is 0 Å². The number of anilines is 1. The second-order valence-electron chi connectivity index (χ2n) is 3.03. The monoisotopic (exact) mass is 166 g/mol. The Morgan fingerprint density at radius 3 is 2.42 bits per heavy atom. The summed E-state index contributed by atoms with van der Waals surface area (Å²) in [4.78, 5) is 10.8. The molecule has 0 aliphatic heterocycles. The predicted octanol–water partition coefficient (Wildman–Crippen LogP) is 1.60. The van der Waals surface area contributed by atoms with Crippen molar-refractivity contribution < 1.29 is 4.79 Å². The molecule has 0 saturated heterocycles. The van der Waals surface area contributed by atoms with E-state index in [4.69, 9.17) is 0 Å². The van der Waals surface area contributed by atoms with Crippen molar-refractivity contribution in [2.45, 2.75) is 20.8 Å². The molecule has 0 aliphatic rings. The first-order chi connectivity index (χ1) is 5.52. The van der Waals surface area contributed by atoms with Gasteiger partial charge in [-0.25, -0.2) is 0 Å². The highest BCUT2D eigenvalue weighted by Crippen LogP contribution is 2.18. The molecule has 0 aromatic carbocycles. The molecule has 0 bridgehead atoms. The average Bonchev–Trinajstić information content (AvgIpc) is 2.17. The molecular formula is C9H14N2O. The van der Waals surface area contributed by atoms with Crippen LogP contribution in [0.15, 0.2) is 6.07 Å². The Hall–Kier alpha value is -1.25. The summed E-state index contributed by atoms with van der Waals surface area (Å²) in [5, 5.41) is 2.77. The molecule has 0 fully saturated rings. The number of aromatic nitrogens is 1. The molecule has 1 aromatic heterocycles. The van der Waals surface area contributed by atoms with E-state index in [-0.39, 0.29) is 5.91 Å². The number of amides is 1. The standard InChI is InChI=1S/C9H14N2O/c1-6-5-9(10-8(3)12)7(2)11(6)4/h5H,1-4H3,(H,10,12). The van der Waals surface area contributed by atoms with Gasteiger partial charge in [-0.3, -0.25) is 4.79 Å². The molecule has 0 atom stereocenters. The molecular weight excluding hydrogens is 152 g/mol. The van der Waals surface area contributed by atoms with Crippen LogP contribution in [0.3, 0.4) is 0 Å². The minimum absolute atomic E-state index is 0.0244. The van der Waals surface area contributed by atoms with Crippen molar-refractivity contribution in [3.05, 3.63) is 17.5 Å². The summed E-state index contributed by atoms with van der Waals surface area (Å²) in [7, 11) is 1.98. The van der Waals surface area contributed by atoms with Crippen molar-refractivity contribution in [3.8, 4) is 0 Å². The van der Waals surface area contributed by atoms with Crippen molar-refractivity contribution in [2.24, 2.45) is 7.05 Å². The molecule has 1 heterocycles. The maximum atomic E-state index is 10.8. The number of nitrogens with one attached hydrogen (secondary N) is 1. The van der Waals surface area contributed by atoms with E-state index in [1.54, 1.807) is 0 Å². The number of nitrogens with zero attached hydrogens (tertiary/aromatic N) is 1. The first-order valence-electron chi connectivity index (χ1n) is 3.93. The van der Waals surface area contributed by atoms with Gasteiger partial charge >= 0.3 is 0 Å². The normalized spacial score (nSPS) is 10.0. The van der Waals surface area contributed by atoms with E-state index in [1.165, 1.54) is 6.92 Å². The van der Waals surface area contributed by atoms with Gasteiger partial charge < -0.3 is 9.88 Å². The third-order valence-corrected chi connectivity index (χ3v) is 2.09. The molecule has 66 valence electrons. The molecule has 0 saturated carbocycles. The Kier molecular flexibility index (Phi) is 2.22. The Labute approximate surface area is 72.4 Å². The van der Waals surface area contributed by atoms with Gasteiger partial charge in [0.25, 0.3) is 0 Å². The van der Waals surface area contributed by atoms with E-state index < -0.39 is 0 Å². The summed E-state index contributed by atoms with van der Waals surface area (Å²) < 4.78 is 2.05.